The van der Waals surface area contributed by atoms with E-state index in [1.165, 1.54) is 52.7 Å². The van der Waals surface area contributed by atoms with Crippen molar-refractivity contribution in [3.8, 4) is 0 Å². The molecular weight excluding hydrogens is 677 g/mol. The number of nitrogens with zero attached hydrogens (tertiary/aromatic N) is 1. The van der Waals surface area contributed by atoms with Crippen molar-refractivity contribution < 1.29 is 14.7 Å². The number of carbonyl (C=O) groups is 2. The second-order valence-corrected chi connectivity index (χ2v) is 20.6. The Labute approximate surface area is 335 Å². The Morgan fingerprint density at radius 3 is 1.71 bits per heavy atom. The van der Waals surface area contributed by atoms with E-state index in [1.54, 1.807) is 11.1 Å². The number of amides is 1. The van der Waals surface area contributed by atoms with Gasteiger partial charge in [-0.15, -0.1) is 0 Å². The smallest absolute Gasteiger partial charge is 0.303 e. The van der Waals surface area contributed by atoms with Crippen LogP contribution in [0.1, 0.15) is 157 Å². The molecular formula is C50H76N2O3. The summed E-state index contributed by atoms with van der Waals surface area (Å²) in [7, 11) is 0. The number of rotatable bonds is 10. The van der Waals surface area contributed by atoms with Gasteiger partial charge in [-0.05, 0) is 137 Å². The van der Waals surface area contributed by atoms with E-state index in [0.717, 1.165) is 51.1 Å². The van der Waals surface area contributed by atoms with Crippen molar-refractivity contribution in [1.29, 1.82) is 0 Å². The Kier molecular flexibility index (Phi) is 15.6. The molecule has 0 radical (unpaired) electrons. The van der Waals surface area contributed by atoms with Crippen LogP contribution >= 0.6 is 0 Å². The Hall–Kier alpha value is -3.18. The highest BCUT2D eigenvalue weighted by Gasteiger charge is 2.37. The number of hydrogen-bond acceptors (Lipinski definition) is 3. The molecule has 2 N–H and O–H groups in total. The van der Waals surface area contributed by atoms with Crippen LogP contribution in [0, 0.1) is 34.5 Å². The summed E-state index contributed by atoms with van der Waals surface area (Å²) < 4.78 is 0. The van der Waals surface area contributed by atoms with E-state index in [0.29, 0.717) is 30.2 Å². The third-order valence-corrected chi connectivity index (χ3v) is 11.5. The number of benzene rings is 2. The molecule has 2 heterocycles. The Morgan fingerprint density at radius 2 is 1.20 bits per heavy atom. The molecule has 1 amide bonds. The second-order valence-electron chi connectivity index (χ2n) is 20.6. The summed E-state index contributed by atoms with van der Waals surface area (Å²) >= 11 is 0. The number of hydrogen-bond donors (Lipinski definition) is 2. The number of fused-ring (bicyclic) bond motifs is 4. The molecule has 6 rings (SSSR count). The van der Waals surface area contributed by atoms with Gasteiger partial charge in [-0.1, -0.05) is 132 Å². The van der Waals surface area contributed by atoms with Crippen LogP contribution in [0.5, 0.6) is 0 Å². The molecule has 55 heavy (non-hydrogen) atoms. The fraction of sp³-hybridized carbons (Fsp3) is 0.640. The molecule has 2 aliphatic carbocycles. The quantitative estimate of drug-likeness (QED) is 0.254. The highest BCUT2D eigenvalue weighted by Crippen LogP contribution is 2.43. The van der Waals surface area contributed by atoms with Gasteiger partial charge >= 0.3 is 5.97 Å². The average molecular weight is 753 g/mol. The number of carbonyl (C=O) groups excluding carboxylic acids is 1. The van der Waals surface area contributed by atoms with E-state index in [9.17, 15) is 9.59 Å². The number of carboxylic acids is 1. The zero-order valence-electron chi connectivity index (χ0n) is 36.8. The molecule has 2 aromatic rings. The fourth-order valence-electron chi connectivity index (χ4n) is 9.88. The van der Waals surface area contributed by atoms with Gasteiger partial charge in [0, 0.05) is 25.4 Å². The van der Waals surface area contributed by atoms with Gasteiger partial charge in [0.15, 0.2) is 0 Å². The van der Waals surface area contributed by atoms with E-state index in [-0.39, 0.29) is 29.2 Å². The number of aliphatic carboxylic acids is 1. The SMILES string of the molecule is CC(C)CC1C2=C(CCN1C(=O)CC(C)CC(C)(C)C)c1ccccc1C2.CC(C)CC1NCCC2=C1Cc1ccccc12.CC(CC(=O)O)CC(C)(C)C. The predicted molar refractivity (Wildman–Crippen MR) is 233 cm³/mol. The summed E-state index contributed by atoms with van der Waals surface area (Å²) in [6.07, 6.45) is 9.82. The molecule has 5 heteroatoms. The van der Waals surface area contributed by atoms with Gasteiger partial charge in [0.05, 0.1) is 6.04 Å². The van der Waals surface area contributed by atoms with Gasteiger partial charge in [0.1, 0.15) is 0 Å². The maximum atomic E-state index is 13.3. The molecule has 304 valence electrons. The van der Waals surface area contributed by atoms with Gasteiger partial charge in [-0.25, -0.2) is 0 Å². The molecule has 4 unspecified atom stereocenters. The zero-order valence-corrected chi connectivity index (χ0v) is 36.8. The summed E-state index contributed by atoms with van der Waals surface area (Å²) in [5.74, 6) is 1.75. The monoisotopic (exact) mass is 753 g/mol. The van der Waals surface area contributed by atoms with Crippen molar-refractivity contribution >= 4 is 23.0 Å². The van der Waals surface area contributed by atoms with Crippen LogP contribution in [0.15, 0.2) is 59.7 Å². The molecule has 0 aromatic heterocycles. The Balaban J connectivity index is 0.000000205. The molecule has 2 aliphatic heterocycles. The van der Waals surface area contributed by atoms with E-state index in [4.69, 9.17) is 5.11 Å². The topological polar surface area (TPSA) is 69.6 Å². The molecule has 4 atom stereocenters. The summed E-state index contributed by atoms with van der Waals surface area (Å²) in [6.45, 7) is 28.6. The highest BCUT2D eigenvalue weighted by atomic mass is 16.4. The third kappa shape index (κ3) is 13.2. The maximum Gasteiger partial charge on any atom is 0.303 e. The normalized spacial score (nSPS) is 20.1. The van der Waals surface area contributed by atoms with Gasteiger partial charge in [-0.2, -0.15) is 0 Å². The standard InChI is InChI=1S/C25H37NO.C16H21N.C9H18O2/c1-17(2)13-23-22-15-19-9-7-8-10-20(19)21(22)11-12-26(23)24(27)14-18(3)16-25(4,5)6;1-11(2)9-16-15-10-12-5-3-4-6-13(12)14(15)7-8-17-16;1-7(5-8(10)11)6-9(2,3)4/h7-10,17-18,23H,11-16H2,1-6H3;3-6,11,16-17H,7-10H2,1-2H3;7H,5-6H2,1-4H3,(H,10,11). The fourth-order valence-corrected chi connectivity index (χ4v) is 9.88. The zero-order chi connectivity index (χ0) is 40.7. The predicted octanol–water partition coefficient (Wildman–Crippen LogP) is 12.0. The van der Waals surface area contributed by atoms with Crippen molar-refractivity contribution in [3.05, 3.63) is 81.9 Å². The second kappa shape index (κ2) is 19.3. The van der Waals surface area contributed by atoms with Crippen LogP contribution in [-0.2, 0) is 22.4 Å². The first-order chi connectivity index (χ1) is 25.7. The van der Waals surface area contributed by atoms with Gasteiger partial charge in [-0.3, -0.25) is 9.59 Å². The minimum absolute atomic E-state index is 0.245. The van der Waals surface area contributed by atoms with Crippen molar-refractivity contribution in [2.24, 2.45) is 34.5 Å². The largest absolute Gasteiger partial charge is 0.481 e. The number of nitrogens with one attached hydrogen (secondary N) is 1. The van der Waals surface area contributed by atoms with Crippen molar-refractivity contribution in [2.75, 3.05) is 13.1 Å². The first kappa shape index (κ1) is 44.5. The van der Waals surface area contributed by atoms with Gasteiger partial charge in [0.2, 0.25) is 5.91 Å². The van der Waals surface area contributed by atoms with Crippen LogP contribution in [0.4, 0.5) is 0 Å². The van der Waals surface area contributed by atoms with Crippen molar-refractivity contribution in [2.45, 2.75) is 159 Å². The van der Waals surface area contributed by atoms with E-state index in [1.807, 2.05) is 6.92 Å². The lowest BCUT2D eigenvalue weighted by molar-refractivity contribution is -0.138. The van der Waals surface area contributed by atoms with Crippen molar-refractivity contribution in [3.63, 3.8) is 0 Å². The maximum absolute atomic E-state index is 13.3. The van der Waals surface area contributed by atoms with Crippen LogP contribution in [0.2, 0.25) is 0 Å². The van der Waals surface area contributed by atoms with E-state index in [2.05, 4.69) is 135 Å². The molecule has 0 saturated heterocycles. The lowest BCUT2D eigenvalue weighted by Crippen LogP contribution is -2.46. The molecule has 4 aliphatic rings. The molecule has 0 spiro atoms. The highest BCUT2D eigenvalue weighted by molar-refractivity contribution is 5.83. The van der Waals surface area contributed by atoms with Crippen LogP contribution < -0.4 is 5.32 Å². The molecule has 0 saturated carbocycles. The lowest BCUT2D eigenvalue weighted by Gasteiger charge is -2.39. The average Bonchev–Trinajstić information content (AvgIpc) is 3.62. The third-order valence-electron chi connectivity index (χ3n) is 11.5. The first-order valence-electron chi connectivity index (χ1n) is 21.6. The molecule has 0 bridgehead atoms. The Morgan fingerprint density at radius 1 is 0.709 bits per heavy atom. The van der Waals surface area contributed by atoms with Gasteiger partial charge < -0.3 is 15.3 Å². The minimum Gasteiger partial charge on any atom is -0.481 e. The first-order valence-corrected chi connectivity index (χ1v) is 21.6. The molecule has 5 nitrogen and oxygen atoms in total. The minimum atomic E-state index is -0.693. The van der Waals surface area contributed by atoms with Crippen LogP contribution in [-0.4, -0.2) is 47.1 Å². The van der Waals surface area contributed by atoms with E-state index >= 15 is 0 Å². The molecule has 2 aromatic carbocycles. The van der Waals surface area contributed by atoms with Crippen LogP contribution in [0.3, 0.4) is 0 Å². The summed E-state index contributed by atoms with van der Waals surface area (Å²) in [5, 5.41) is 12.2. The lowest BCUT2D eigenvalue weighted by atomic mass is 9.83. The van der Waals surface area contributed by atoms with Gasteiger partial charge in [0.25, 0.3) is 0 Å². The van der Waals surface area contributed by atoms with E-state index < -0.39 is 5.97 Å². The molecule has 0 fully saturated rings. The summed E-state index contributed by atoms with van der Waals surface area (Å²) in [5.41, 5.74) is 12.8. The Bertz CT molecular complexity index is 1670. The van der Waals surface area contributed by atoms with Crippen LogP contribution in [0.25, 0.3) is 11.1 Å². The summed E-state index contributed by atoms with van der Waals surface area (Å²) in [4.78, 5) is 25.8. The number of carboxylic acid groups (broad SMARTS) is 1. The summed E-state index contributed by atoms with van der Waals surface area (Å²) in [6, 6.07) is 18.7. The van der Waals surface area contributed by atoms with Crippen molar-refractivity contribution in [1.82, 2.24) is 10.2 Å².